The van der Waals surface area contributed by atoms with E-state index < -0.39 is 6.10 Å². The second-order valence-electron chi connectivity index (χ2n) is 4.47. The first-order chi connectivity index (χ1) is 9.12. The first-order valence-electron chi connectivity index (χ1n) is 6.83. The highest BCUT2D eigenvalue weighted by atomic mass is 16.5. The molecule has 0 spiro atoms. The molecule has 0 aromatic heterocycles. The molecule has 4 heteroatoms. The van der Waals surface area contributed by atoms with Crippen LogP contribution in [-0.4, -0.2) is 25.6 Å². The Bertz CT molecular complexity index is 386. The van der Waals surface area contributed by atoms with Gasteiger partial charge in [0.1, 0.15) is 5.75 Å². The molecule has 1 amide bonds. The van der Waals surface area contributed by atoms with Crippen molar-refractivity contribution in [1.29, 1.82) is 0 Å². The minimum atomic E-state index is -0.475. The first kappa shape index (κ1) is 15.5. The van der Waals surface area contributed by atoms with Crippen LogP contribution in [0.5, 0.6) is 5.75 Å². The molecule has 2 atom stereocenters. The van der Waals surface area contributed by atoms with Gasteiger partial charge in [0.15, 0.2) is 6.10 Å². The molecule has 0 aliphatic heterocycles. The summed E-state index contributed by atoms with van der Waals surface area (Å²) in [6.45, 7) is 6.40. The maximum atomic E-state index is 11.6. The Morgan fingerprint density at radius 2 is 1.89 bits per heavy atom. The highest BCUT2D eigenvalue weighted by Crippen LogP contribution is 2.20. The molecular weight excluding hydrogens is 240 g/mol. The predicted octanol–water partition coefficient (Wildman–Crippen LogP) is 2.26. The molecule has 0 fully saturated rings. The van der Waals surface area contributed by atoms with Crippen LogP contribution in [0.15, 0.2) is 24.3 Å². The Hall–Kier alpha value is -1.55. The Morgan fingerprint density at radius 1 is 1.26 bits per heavy atom. The molecule has 1 aromatic rings. The van der Waals surface area contributed by atoms with E-state index in [0.29, 0.717) is 18.3 Å². The average Bonchev–Trinajstić information content (AvgIpc) is 2.42. The number of likely N-dealkylation sites (N-methyl/N-ethyl adjacent to an activating group) is 1. The summed E-state index contributed by atoms with van der Waals surface area (Å²) in [5.41, 5.74) is 1.23. The third kappa shape index (κ3) is 4.56. The molecule has 0 radical (unpaired) electrons. The maximum Gasteiger partial charge on any atom is 0.260 e. The van der Waals surface area contributed by atoms with Crippen LogP contribution in [-0.2, 0) is 4.79 Å². The van der Waals surface area contributed by atoms with Crippen LogP contribution < -0.4 is 15.4 Å². The van der Waals surface area contributed by atoms with Crippen LogP contribution in [0.25, 0.3) is 0 Å². The maximum absolute atomic E-state index is 11.6. The minimum absolute atomic E-state index is 0.0896. The lowest BCUT2D eigenvalue weighted by Crippen LogP contribution is -2.36. The second kappa shape index (κ2) is 7.79. The van der Waals surface area contributed by atoms with E-state index in [1.165, 1.54) is 5.56 Å². The SMILES string of the molecule is CCNC(=O)C(C)Oc1ccc(C(CC)NC)cc1. The molecule has 0 heterocycles. The van der Waals surface area contributed by atoms with Crippen molar-refractivity contribution in [2.75, 3.05) is 13.6 Å². The van der Waals surface area contributed by atoms with Crippen molar-refractivity contribution >= 4 is 5.91 Å². The monoisotopic (exact) mass is 264 g/mol. The topological polar surface area (TPSA) is 50.4 Å². The highest BCUT2D eigenvalue weighted by molar-refractivity contribution is 5.80. The summed E-state index contributed by atoms with van der Waals surface area (Å²) in [7, 11) is 1.95. The van der Waals surface area contributed by atoms with Gasteiger partial charge >= 0.3 is 0 Å². The van der Waals surface area contributed by atoms with Crippen LogP contribution in [0.3, 0.4) is 0 Å². The van der Waals surface area contributed by atoms with Crippen LogP contribution in [0.2, 0.25) is 0 Å². The summed E-state index contributed by atoms with van der Waals surface area (Å²) in [5, 5.41) is 6.00. The second-order valence-corrected chi connectivity index (χ2v) is 4.47. The van der Waals surface area contributed by atoms with Gasteiger partial charge in [0, 0.05) is 12.6 Å². The number of hydrogen-bond donors (Lipinski definition) is 2. The van der Waals surface area contributed by atoms with Gasteiger partial charge in [-0.1, -0.05) is 19.1 Å². The molecular formula is C15H24N2O2. The van der Waals surface area contributed by atoms with Crippen molar-refractivity contribution in [3.63, 3.8) is 0 Å². The molecule has 0 aliphatic carbocycles. The molecule has 1 aromatic carbocycles. The number of amides is 1. The molecule has 2 unspecified atom stereocenters. The third-order valence-electron chi connectivity index (χ3n) is 3.07. The molecule has 4 nitrogen and oxygen atoms in total. The molecule has 106 valence electrons. The van der Waals surface area contributed by atoms with Crippen molar-refractivity contribution in [2.45, 2.75) is 39.3 Å². The summed E-state index contributed by atoms with van der Waals surface area (Å²) in [5.74, 6) is 0.627. The van der Waals surface area contributed by atoms with E-state index in [-0.39, 0.29) is 5.91 Å². The fraction of sp³-hybridized carbons (Fsp3) is 0.533. The summed E-state index contributed by atoms with van der Waals surface area (Å²) in [6.07, 6.45) is 0.559. The number of ether oxygens (including phenoxy) is 1. The molecule has 0 saturated heterocycles. The van der Waals surface area contributed by atoms with Crippen molar-refractivity contribution in [3.8, 4) is 5.75 Å². The lowest BCUT2D eigenvalue weighted by molar-refractivity contribution is -0.127. The van der Waals surface area contributed by atoms with Gasteiger partial charge in [-0.25, -0.2) is 0 Å². The predicted molar refractivity (Wildman–Crippen MR) is 77.3 cm³/mol. The van der Waals surface area contributed by atoms with Crippen LogP contribution >= 0.6 is 0 Å². The zero-order valence-electron chi connectivity index (χ0n) is 12.2. The van der Waals surface area contributed by atoms with Gasteiger partial charge < -0.3 is 15.4 Å². The van der Waals surface area contributed by atoms with E-state index >= 15 is 0 Å². The summed E-state index contributed by atoms with van der Waals surface area (Å²) >= 11 is 0. The number of carbonyl (C=O) groups is 1. The highest BCUT2D eigenvalue weighted by Gasteiger charge is 2.13. The van der Waals surface area contributed by atoms with Crippen LogP contribution in [0, 0.1) is 0 Å². The van der Waals surface area contributed by atoms with Crippen molar-refractivity contribution in [3.05, 3.63) is 29.8 Å². The lowest BCUT2D eigenvalue weighted by atomic mass is 10.0. The minimum Gasteiger partial charge on any atom is -0.481 e. The van der Waals surface area contributed by atoms with E-state index in [4.69, 9.17) is 4.74 Å². The fourth-order valence-corrected chi connectivity index (χ4v) is 1.96. The van der Waals surface area contributed by atoms with E-state index in [1.54, 1.807) is 6.92 Å². The average molecular weight is 264 g/mol. The summed E-state index contributed by atoms with van der Waals surface area (Å²) < 4.78 is 5.60. The number of carbonyl (C=O) groups excluding carboxylic acids is 1. The molecule has 2 N–H and O–H groups in total. The van der Waals surface area contributed by atoms with E-state index in [0.717, 1.165) is 6.42 Å². The molecule has 1 rings (SSSR count). The summed E-state index contributed by atoms with van der Waals surface area (Å²) in [4.78, 5) is 11.6. The molecule has 0 aliphatic rings. The molecule has 0 bridgehead atoms. The van der Waals surface area contributed by atoms with Gasteiger partial charge in [-0.15, -0.1) is 0 Å². The normalized spacial score (nSPS) is 13.7. The van der Waals surface area contributed by atoms with E-state index in [9.17, 15) is 4.79 Å². The van der Waals surface area contributed by atoms with Crippen molar-refractivity contribution in [2.24, 2.45) is 0 Å². The Morgan fingerprint density at radius 3 is 2.37 bits per heavy atom. The fourth-order valence-electron chi connectivity index (χ4n) is 1.96. The number of benzene rings is 1. The third-order valence-corrected chi connectivity index (χ3v) is 3.07. The quantitative estimate of drug-likeness (QED) is 0.794. The number of rotatable bonds is 7. The van der Waals surface area contributed by atoms with Crippen molar-refractivity contribution in [1.82, 2.24) is 10.6 Å². The zero-order valence-corrected chi connectivity index (χ0v) is 12.2. The van der Waals surface area contributed by atoms with E-state index in [2.05, 4.69) is 17.6 Å². The Labute approximate surface area is 115 Å². The van der Waals surface area contributed by atoms with Crippen molar-refractivity contribution < 1.29 is 9.53 Å². The number of hydrogen-bond acceptors (Lipinski definition) is 3. The molecule has 0 saturated carbocycles. The van der Waals surface area contributed by atoms with Crippen LogP contribution in [0.1, 0.15) is 38.8 Å². The molecule has 19 heavy (non-hydrogen) atoms. The summed E-state index contributed by atoms with van der Waals surface area (Å²) in [6, 6.07) is 8.24. The Balaban J connectivity index is 2.64. The van der Waals surface area contributed by atoms with Gasteiger partial charge in [0.2, 0.25) is 0 Å². The van der Waals surface area contributed by atoms with E-state index in [1.807, 2.05) is 38.2 Å². The lowest BCUT2D eigenvalue weighted by Gasteiger charge is -2.17. The Kier molecular flexibility index (Phi) is 6.36. The van der Waals surface area contributed by atoms with Crippen LogP contribution in [0.4, 0.5) is 0 Å². The number of nitrogens with one attached hydrogen (secondary N) is 2. The van der Waals surface area contributed by atoms with Gasteiger partial charge in [0.25, 0.3) is 5.91 Å². The standard InChI is InChI=1S/C15H24N2O2/c1-5-14(16-4)12-7-9-13(10-8-12)19-11(3)15(18)17-6-2/h7-11,14,16H,5-6H2,1-4H3,(H,17,18). The van der Waals surface area contributed by atoms with Gasteiger partial charge in [0.05, 0.1) is 0 Å². The largest absolute Gasteiger partial charge is 0.481 e. The van der Waals surface area contributed by atoms with Gasteiger partial charge in [-0.05, 0) is 45.0 Å². The van der Waals surface area contributed by atoms with Gasteiger partial charge in [-0.2, -0.15) is 0 Å². The first-order valence-corrected chi connectivity index (χ1v) is 6.83. The zero-order chi connectivity index (χ0) is 14.3. The van der Waals surface area contributed by atoms with Gasteiger partial charge in [-0.3, -0.25) is 4.79 Å². The smallest absolute Gasteiger partial charge is 0.260 e.